The van der Waals surface area contributed by atoms with Gasteiger partial charge in [-0.25, -0.2) is 24.9 Å². The molecule has 0 atom stereocenters. The molecule has 0 fully saturated rings. The zero-order chi connectivity index (χ0) is 41.4. The molecule has 0 saturated carbocycles. The molecular formula is C55H34N6S2. The molecule has 13 rings (SSSR count). The minimum absolute atomic E-state index is 0.638. The molecule has 0 saturated heterocycles. The Morgan fingerprint density at radius 2 is 1.14 bits per heavy atom. The first-order valence-corrected chi connectivity index (χ1v) is 22.8. The predicted molar refractivity (Wildman–Crippen MR) is 263 cm³/mol. The van der Waals surface area contributed by atoms with Crippen LogP contribution in [0.5, 0.6) is 0 Å². The van der Waals surface area contributed by atoms with Crippen LogP contribution in [0, 0.1) is 0 Å². The smallest absolute Gasteiger partial charge is 0.164 e. The van der Waals surface area contributed by atoms with Gasteiger partial charge in [0.2, 0.25) is 0 Å². The third-order valence-electron chi connectivity index (χ3n) is 12.1. The van der Waals surface area contributed by atoms with Crippen molar-refractivity contribution in [2.75, 3.05) is 0 Å². The number of benzene rings is 7. The van der Waals surface area contributed by atoms with Gasteiger partial charge in [-0.05, 0) is 61.4 Å². The van der Waals surface area contributed by atoms with Crippen molar-refractivity contribution in [3.05, 3.63) is 187 Å². The van der Waals surface area contributed by atoms with E-state index in [-0.39, 0.29) is 0 Å². The molecule has 0 spiro atoms. The molecule has 1 aliphatic rings. The molecule has 7 aromatic carbocycles. The van der Waals surface area contributed by atoms with Crippen LogP contribution in [-0.4, -0.2) is 29.5 Å². The van der Waals surface area contributed by atoms with Crippen LogP contribution in [0.25, 0.3) is 120 Å². The Morgan fingerprint density at radius 3 is 1.98 bits per heavy atom. The van der Waals surface area contributed by atoms with Gasteiger partial charge in [0.1, 0.15) is 0 Å². The zero-order valence-electron chi connectivity index (χ0n) is 33.7. The topological polar surface area (TPSA) is 69.4 Å². The summed E-state index contributed by atoms with van der Waals surface area (Å²) in [5, 5.41) is 4.65. The van der Waals surface area contributed by atoms with Gasteiger partial charge in [0.15, 0.2) is 23.3 Å². The second kappa shape index (κ2) is 14.5. The quantitative estimate of drug-likeness (QED) is 0.167. The first-order valence-electron chi connectivity index (χ1n) is 21.1. The Hall–Kier alpha value is -7.65. The molecule has 63 heavy (non-hydrogen) atoms. The van der Waals surface area contributed by atoms with E-state index < -0.39 is 0 Å². The predicted octanol–water partition coefficient (Wildman–Crippen LogP) is 14.6. The van der Waals surface area contributed by atoms with Gasteiger partial charge in [0, 0.05) is 80.4 Å². The van der Waals surface area contributed by atoms with Gasteiger partial charge < -0.3 is 4.57 Å². The van der Waals surface area contributed by atoms with Gasteiger partial charge in [-0.1, -0.05) is 133 Å². The van der Waals surface area contributed by atoms with Crippen molar-refractivity contribution in [2.24, 2.45) is 0 Å². The number of nitrogens with zero attached hydrogens (tertiary/aromatic N) is 6. The molecule has 5 aromatic heterocycles. The fourth-order valence-electron chi connectivity index (χ4n) is 9.23. The van der Waals surface area contributed by atoms with Gasteiger partial charge >= 0.3 is 0 Å². The average molecular weight is 843 g/mol. The van der Waals surface area contributed by atoms with Crippen molar-refractivity contribution in [1.29, 1.82) is 0 Å². The summed E-state index contributed by atoms with van der Waals surface area (Å²) in [6.45, 7) is 0. The van der Waals surface area contributed by atoms with Crippen molar-refractivity contribution in [3.8, 4) is 62.5 Å². The van der Waals surface area contributed by atoms with Crippen molar-refractivity contribution >= 4 is 80.1 Å². The molecule has 0 aliphatic heterocycles. The van der Waals surface area contributed by atoms with Crippen LogP contribution in [0.4, 0.5) is 0 Å². The molecule has 0 unspecified atom stereocenters. The molecule has 0 amide bonds. The van der Waals surface area contributed by atoms with Crippen LogP contribution >= 0.6 is 22.7 Å². The van der Waals surface area contributed by atoms with E-state index in [1.54, 1.807) is 22.7 Å². The zero-order valence-corrected chi connectivity index (χ0v) is 35.4. The lowest BCUT2D eigenvalue weighted by Crippen LogP contribution is -2.02. The van der Waals surface area contributed by atoms with Gasteiger partial charge in [0.05, 0.1) is 21.4 Å². The number of fused-ring (bicyclic) bond motifs is 9. The van der Waals surface area contributed by atoms with Gasteiger partial charge in [-0.15, -0.1) is 22.7 Å². The Morgan fingerprint density at radius 1 is 0.460 bits per heavy atom. The fraction of sp³-hybridized carbons (Fsp3) is 0.0364. The Kier molecular flexibility index (Phi) is 8.29. The fourth-order valence-corrected chi connectivity index (χ4v) is 11.5. The SMILES string of the molecule is C1=Cc2c(n(-c3ccccc3)c3cccc(-c4nc(-c5ccccc5)nc(-c5ccc6sc7cc(-c8nc(-c9ccccc9)c9sc%10ccccc%10c9n8)ccc7c6c5)n4)c23)CC1. The summed E-state index contributed by atoms with van der Waals surface area (Å²) < 4.78 is 7.10. The third-order valence-corrected chi connectivity index (χ3v) is 14.4. The molecule has 296 valence electrons. The molecule has 12 aromatic rings. The number of hydrogen-bond acceptors (Lipinski definition) is 7. The molecular weight excluding hydrogens is 809 g/mol. The summed E-state index contributed by atoms with van der Waals surface area (Å²) in [4.78, 5) is 26.2. The highest BCUT2D eigenvalue weighted by atomic mass is 32.1. The summed E-state index contributed by atoms with van der Waals surface area (Å²) in [7, 11) is 0. The minimum atomic E-state index is 0.638. The molecule has 0 radical (unpaired) electrons. The Bertz CT molecular complexity index is 3790. The lowest BCUT2D eigenvalue weighted by Gasteiger charge is -2.13. The molecule has 1 aliphatic carbocycles. The standard InChI is InChI=1S/C55H34N6S2/c1-4-15-33(16-5-1)49-51-50(40-22-11-13-26-45(40)63-51)57-53(56-49)36-27-29-38-42-31-35(28-30-46(42)62-47(38)32-36)54-58-52(34-17-6-2-7-18-34)59-55(60-54)41-23-14-25-44-48(41)39-21-10-12-24-43(39)61(44)37-19-8-3-9-20-37/h1-11,13-23,25-32H,12,24H2. The maximum atomic E-state index is 5.31. The molecule has 0 bridgehead atoms. The second-order valence-electron chi connectivity index (χ2n) is 15.9. The second-order valence-corrected chi connectivity index (χ2v) is 18.0. The van der Waals surface area contributed by atoms with Gasteiger partial charge in [-0.3, -0.25) is 0 Å². The number of thiophene rings is 2. The first-order chi connectivity index (χ1) is 31.2. The monoisotopic (exact) mass is 842 g/mol. The van der Waals surface area contributed by atoms with E-state index in [4.69, 9.17) is 24.9 Å². The summed E-state index contributed by atoms with van der Waals surface area (Å²) in [5.41, 5.74) is 11.8. The summed E-state index contributed by atoms with van der Waals surface area (Å²) in [6, 6.07) is 59.6. The number of hydrogen-bond donors (Lipinski definition) is 0. The highest BCUT2D eigenvalue weighted by Crippen LogP contribution is 2.43. The van der Waals surface area contributed by atoms with Crippen molar-refractivity contribution < 1.29 is 0 Å². The van der Waals surface area contributed by atoms with E-state index >= 15 is 0 Å². The van der Waals surface area contributed by atoms with Crippen molar-refractivity contribution in [2.45, 2.75) is 12.8 Å². The summed E-state index contributed by atoms with van der Waals surface area (Å²) in [6.07, 6.45) is 6.53. The van der Waals surface area contributed by atoms with Crippen LogP contribution in [0.3, 0.4) is 0 Å². The van der Waals surface area contributed by atoms with E-state index in [1.165, 1.54) is 30.7 Å². The van der Waals surface area contributed by atoms with Crippen LogP contribution in [-0.2, 0) is 6.42 Å². The maximum Gasteiger partial charge on any atom is 0.164 e. The molecule has 8 heteroatoms. The summed E-state index contributed by atoms with van der Waals surface area (Å²) in [5.74, 6) is 2.66. The lowest BCUT2D eigenvalue weighted by atomic mass is 9.98. The third kappa shape index (κ3) is 5.94. The largest absolute Gasteiger partial charge is 0.313 e. The van der Waals surface area contributed by atoms with Crippen LogP contribution in [0.15, 0.2) is 176 Å². The summed E-state index contributed by atoms with van der Waals surface area (Å²) >= 11 is 3.54. The molecule has 5 heterocycles. The average Bonchev–Trinajstić information content (AvgIpc) is 4.03. The van der Waals surface area contributed by atoms with Crippen molar-refractivity contribution in [1.82, 2.24) is 29.5 Å². The number of para-hydroxylation sites is 1. The number of rotatable bonds is 6. The van der Waals surface area contributed by atoms with E-state index in [0.29, 0.717) is 17.5 Å². The molecule has 0 N–H and O–H groups in total. The minimum Gasteiger partial charge on any atom is -0.313 e. The van der Waals surface area contributed by atoms with Crippen LogP contribution in [0.2, 0.25) is 0 Å². The highest BCUT2D eigenvalue weighted by molar-refractivity contribution is 7.26. The lowest BCUT2D eigenvalue weighted by molar-refractivity contribution is 0.888. The van der Waals surface area contributed by atoms with Gasteiger partial charge in [0.25, 0.3) is 0 Å². The van der Waals surface area contributed by atoms with E-state index in [2.05, 4.69) is 162 Å². The normalized spacial score (nSPS) is 12.6. The first kappa shape index (κ1) is 36.0. The maximum absolute atomic E-state index is 5.31. The Balaban J connectivity index is 0.960. The number of aromatic nitrogens is 6. The van der Waals surface area contributed by atoms with E-state index in [0.717, 1.165) is 89.8 Å². The van der Waals surface area contributed by atoms with Gasteiger partial charge in [-0.2, -0.15) is 0 Å². The molecule has 6 nitrogen and oxygen atoms in total. The van der Waals surface area contributed by atoms with E-state index in [1.807, 2.05) is 24.3 Å². The highest BCUT2D eigenvalue weighted by Gasteiger charge is 2.24. The van der Waals surface area contributed by atoms with Crippen LogP contribution in [0.1, 0.15) is 17.7 Å². The van der Waals surface area contributed by atoms with Crippen molar-refractivity contribution in [3.63, 3.8) is 0 Å². The number of allylic oxidation sites excluding steroid dienone is 1. The Labute approximate surface area is 370 Å². The van der Waals surface area contributed by atoms with E-state index in [9.17, 15) is 0 Å². The van der Waals surface area contributed by atoms with Crippen LogP contribution < -0.4 is 0 Å².